The molecule has 0 aliphatic heterocycles. The van der Waals surface area contributed by atoms with E-state index in [0.717, 1.165) is 11.3 Å². The van der Waals surface area contributed by atoms with Gasteiger partial charge in [0.2, 0.25) is 9.70 Å². The fourth-order valence-corrected chi connectivity index (χ4v) is 2.15. The number of rotatable bonds is 5. The van der Waals surface area contributed by atoms with Crippen LogP contribution in [0.1, 0.15) is 5.56 Å². The number of carbonyl (C=O) groups is 1. The van der Waals surface area contributed by atoms with Crippen molar-refractivity contribution in [3.8, 4) is 0 Å². The molecule has 120 valence electrons. The van der Waals surface area contributed by atoms with Crippen molar-refractivity contribution in [1.82, 2.24) is 5.32 Å². The summed E-state index contributed by atoms with van der Waals surface area (Å²) in [4.78, 5) is 12.0. The van der Waals surface area contributed by atoms with E-state index in [1.54, 1.807) is 6.08 Å². The van der Waals surface area contributed by atoms with Gasteiger partial charge in [-0.15, -0.1) is 0 Å². The maximum atomic E-state index is 12.0. The topological polar surface area (TPSA) is 41.1 Å². The zero-order chi connectivity index (χ0) is 16.7. The Hall–Kier alpha value is -1.68. The van der Waals surface area contributed by atoms with Gasteiger partial charge in [0.15, 0.2) is 0 Å². The van der Waals surface area contributed by atoms with E-state index >= 15 is 0 Å². The summed E-state index contributed by atoms with van der Waals surface area (Å²) in [5.41, 5.74) is 1.64. The average Bonchev–Trinajstić information content (AvgIpc) is 2.53. The van der Waals surface area contributed by atoms with Gasteiger partial charge < -0.3 is 10.6 Å². The van der Waals surface area contributed by atoms with Gasteiger partial charge in [-0.2, -0.15) is 0 Å². The Labute approximate surface area is 150 Å². The normalized spacial score (nSPS) is 12.8. The number of hydrogen-bond acceptors (Lipinski definition) is 2. The van der Waals surface area contributed by atoms with Gasteiger partial charge in [0, 0.05) is 11.8 Å². The van der Waals surface area contributed by atoms with E-state index in [9.17, 15) is 4.79 Å². The molecule has 3 nitrogen and oxygen atoms in total. The van der Waals surface area contributed by atoms with Crippen LogP contribution in [-0.2, 0) is 4.79 Å². The zero-order valence-corrected chi connectivity index (χ0v) is 14.3. The van der Waals surface area contributed by atoms with Crippen LogP contribution in [0.3, 0.4) is 0 Å². The molecule has 0 saturated heterocycles. The number of para-hydroxylation sites is 1. The summed E-state index contributed by atoms with van der Waals surface area (Å²) in [6.07, 6.45) is 2.21. The quantitative estimate of drug-likeness (QED) is 0.458. The summed E-state index contributed by atoms with van der Waals surface area (Å²) < 4.78 is -1.70. The molecule has 0 saturated carbocycles. The van der Waals surface area contributed by atoms with Crippen LogP contribution in [0.15, 0.2) is 66.7 Å². The second-order valence-corrected chi connectivity index (χ2v) is 7.11. The number of anilines is 1. The Morgan fingerprint density at radius 2 is 1.52 bits per heavy atom. The smallest absolute Gasteiger partial charge is 0.245 e. The lowest BCUT2D eigenvalue weighted by Gasteiger charge is -2.26. The number of nitrogens with one attached hydrogen (secondary N) is 2. The highest BCUT2D eigenvalue weighted by molar-refractivity contribution is 6.68. The van der Waals surface area contributed by atoms with E-state index in [2.05, 4.69) is 10.6 Å². The van der Waals surface area contributed by atoms with Crippen molar-refractivity contribution in [3.05, 3.63) is 72.3 Å². The summed E-state index contributed by atoms with van der Waals surface area (Å²) in [7, 11) is 0. The molecule has 2 N–H and O–H groups in total. The molecule has 23 heavy (non-hydrogen) atoms. The van der Waals surface area contributed by atoms with E-state index < -0.39 is 9.96 Å². The molecular formula is C17H15Cl3N2O. The van der Waals surface area contributed by atoms with Gasteiger partial charge in [-0.25, -0.2) is 0 Å². The number of amides is 1. The molecule has 1 unspecified atom stereocenters. The third-order valence-electron chi connectivity index (χ3n) is 2.93. The number of carbonyl (C=O) groups excluding carboxylic acids is 1. The van der Waals surface area contributed by atoms with E-state index in [-0.39, 0.29) is 5.91 Å². The predicted molar refractivity (Wildman–Crippen MR) is 97.8 cm³/mol. The van der Waals surface area contributed by atoms with E-state index in [0.29, 0.717) is 0 Å². The highest BCUT2D eigenvalue weighted by Crippen LogP contribution is 2.31. The molecule has 1 amide bonds. The summed E-state index contributed by atoms with van der Waals surface area (Å²) in [5.74, 6) is -0.367. The first kappa shape index (κ1) is 17.7. The molecule has 0 aliphatic carbocycles. The SMILES string of the molecule is O=C(C=Cc1ccccc1)NC(Nc1ccccc1)C(Cl)(Cl)Cl. The lowest BCUT2D eigenvalue weighted by atomic mass is 10.2. The molecule has 2 aromatic carbocycles. The molecule has 1 atom stereocenters. The van der Waals surface area contributed by atoms with Crippen LogP contribution in [-0.4, -0.2) is 15.9 Å². The van der Waals surface area contributed by atoms with Gasteiger partial charge in [0.25, 0.3) is 0 Å². The Morgan fingerprint density at radius 1 is 0.957 bits per heavy atom. The maximum absolute atomic E-state index is 12.0. The Kier molecular flexibility index (Phi) is 6.34. The van der Waals surface area contributed by atoms with Crippen LogP contribution in [0.2, 0.25) is 0 Å². The highest BCUT2D eigenvalue weighted by atomic mass is 35.6. The van der Waals surface area contributed by atoms with Crippen molar-refractivity contribution in [2.75, 3.05) is 5.32 Å². The summed E-state index contributed by atoms with van der Waals surface area (Å²) in [6.45, 7) is 0. The minimum absolute atomic E-state index is 0.367. The van der Waals surface area contributed by atoms with Gasteiger partial charge in [0.05, 0.1) is 0 Å². The second kappa shape index (κ2) is 8.25. The van der Waals surface area contributed by atoms with Gasteiger partial charge >= 0.3 is 0 Å². The third-order valence-corrected chi connectivity index (χ3v) is 3.58. The first-order valence-corrected chi connectivity index (χ1v) is 8.00. The molecule has 2 rings (SSSR count). The van der Waals surface area contributed by atoms with Gasteiger partial charge in [0.1, 0.15) is 6.17 Å². The predicted octanol–water partition coefficient (Wildman–Crippen LogP) is 4.62. The molecule has 0 aliphatic rings. The standard InChI is InChI=1S/C17H15Cl3N2O/c18-17(19,20)16(21-14-9-5-2-6-10-14)22-15(23)12-11-13-7-3-1-4-8-13/h1-12,16,21H,(H,22,23). The first-order chi connectivity index (χ1) is 10.9. The van der Waals surface area contributed by atoms with Crippen molar-refractivity contribution < 1.29 is 4.79 Å². The fraction of sp³-hybridized carbons (Fsp3) is 0.118. The van der Waals surface area contributed by atoms with Crippen LogP contribution in [0.5, 0.6) is 0 Å². The highest BCUT2D eigenvalue weighted by Gasteiger charge is 2.33. The first-order valence-electron chi connectivity index (χ1n) is 6.87. The molecule has 0 aromatic heterocycles. The van der Waals surface area contributed by atoms with Gasteiger partial charge in [-0.3, -0.25) is 4.79 Å². The summed E-state index contributed by atoms with van der Waals surface area (Å²) >= 11 is 17.8. The van der Waals surface area contributed by atoms with Crippen molar-refractivity contribution in [2.24, 2.45) is 0 Å². The van der Waals surface area contributed by atoms with Crippen LogP contribution in [0.4, 0.5) is 5.69 Å². The largest absolute Gasteiger partial charge is 0.362 e. The molecule has 6 heteroatoms. The third kappa shape index (κ3) is 6.14. The molecule has 0 bridgehead atoms. The van der Waals surface area contributed by atoms with Crippen molar-refractivity contribution in [2.45, 2.75) is 9.96 Å². The minimum Gasteiger partial charge on any atom is -0.362 e. The molecule has 0 radical (unpaired) electrons. The zero-order valence-electron chi connectivity index (χ0n) is 12.0. The number of hydrogen-bond donors (Lipinski definition) is 2. The van der Waals surface area contributed by atoms with Crippen LogP contribution >= 0.6 is 34.8 Å². The summed E-state index contributed by atoms with van der Waals surface area (Å²) in [5, 5.41) is 5.63. The monoisotopic (exact) mass is 368 g/mol. The molecule has 2 aromatic rings. The fourth-order valence-electron chi connectivity index (χ4n) is 1.83. The number of halogens is 3. The van der Waals surface area contributed by atoms with Crippen molar-refractivity contribution in [3.63, 3.8) is 0 Å². The van der Waals surface area contributed by atoms with Gasteiger partial charge in [-0.05, 0) is 23.8 Å². The Morgan fingerprint density at radius 3 is 2.09 bits per heavy atom. The Bertz CT molecular complexity index is 655. The molecule has 0 spiro atoms. The van der Waals surface area contributed by atoms with Crippen LogP contribution in [0, 0.1) is 0 Å². The average molecular weight is 370 g/mol. The lowest BCUT2D eigenvalue weighted by Crippen LogP contribution is -2.48. The second-order valence-electron chi connectivity index (χ2n) is 4.74. The Balaban J connectivity index is 2.03. The van der Waals surface area contributed by atoms with E-state index in [1.165, 1.54) is 6.08 Å². The maximum Gasteiger partial charge on any atom is 0.245 e. The van der Waals surface area contributed by atoms with Gasteiger partial charge in [-0.1, -0.05) is 83.3 Å². The molecule has 0 heterocycles. The van der Waals surface area contributed by atoms with E-state index in [4.69, 9.17) is 34.8 Å². The van der Waals surface area contributed by atoms with Crippen LogP contribution < -0.4 is 10.6 Å². The van der Waals surface area contributed by atoms with Crippen molar-refractivity contribution >= 4 is 52.5 Å². The van der Waals surface area contributed by atoms with Crippen molar-refractivity contribution in [1.29, 1.82) is 0 Å². The minimum atomic E-state index is -1.70. The molecule has 0 fully saturated rings. The number of benzene rings is 2. The van der Waals surface area contributed by atoms with E-state index in [1.807, 2.05) is 60.7 Å². The number of alkyl halides is 3. The van der Waals surface area contributed by atoms with Crippen LogP contribution in [0.25, 0.3) is 6.08 Å². The molecular weight excluding hydrogens is 355 g/mol. The summed E-state index contributed by atoms with van der Waals surface area (Å²) in [6, 6.07) is 18.6. The lowest BCUT2D eigenvalue weighted by molar-refractivity contribution is -0.116.